The Bertz CT molecular complexity index is 723. The van der Waals surface area contributed by atoms with Crippen molar-refractivity contribution >= 4 is 24.4 Å². The van der Waals surface area contributed by atoms with Crippen molar-refractivity contribution in [3.63, 3.8) is 0 Å². The van der Waals surface area contributed by atoms with Gasteiger partial charge in [-0.3, -0.25) is 9.69 Å². The summed E-state index contributed by atoms with van der Waals surface area (Å²) in [4.78, 5) is 27.9. The predicted molar refractivity (Wildman–Crippen MR) is 99.2 cm³/mol. The summed E-state index contributed by atoms with van der Waals surface area (Å²) in [6.07, 6.45) is 1.18. The standard InChI is InChI=1S/C18H23N3O5.ClH/c1-20(9-13-2-3-14-15(8-13)25-12-24-14)16(22)10-21-11-18(26-17(21)23)4-6-19-7-5-18;/h2-3,8,19H,4-7,9-12H2,1H3;1H. The predicted octanol–water partition coefficient (Wildman–Crippen LogP) is 1.37. The van der Waals surface area contributed by atoms with Crippen LogP contribution in [0.2, 0.25) is 0 Å². The van der Waals surface area contributed by atoms with E-state index in [9.17, 15) is 9.59 Å². The molecule has 2 fully saturated rings. The third-order valence-corrected chi connectivity index (χ3v) is 5.16. The Morgan fingerprint density at radius 3 is 2.78 bits per heavy atom. The van der Waals surface area contributed by atoms with E-state index in [0.717, 1.165) is 37.2 Å². The fourth-order valence-corrected chi connectivity index (χ4v) is 3.64. The van der Waals surface area contributed by atoms with Gasteiger partial charge in [0.25, 0.3) is 0 Å². The summed E-state index contributed by atoms with van der Waals surface area (Å²) in [5.74, 6) is 1.29. The molecule has 8 nitrogen and oxygen atoms in total. The molecule has 148 valence electrons. The molecule has 2 amide bonds. The number of nitrogens with zero attached hydrogens (tertiary/aromatic N) is 2. The Labute approximate surface area is 164 Å². The van der Waals surface area contributed by atoms with Crippen LogP contribution >= 0.6 is 12.4 Å². The number of rotatable bonds is 4. The normalized spacial score (nSPS) is 19.6. The molecule has 0 radical (unpaired) electrons. The zero-order chi connectivity index (χ0) is 18.1. The van der Waals surface area contributed by atoms with Gasteiger partial charge in [-0.25, -0.2) is 4.79 Å². The fourth-order valence-electron chi connectivity index (χ4n) is 3.64. The summed E-state index contributed by atoms with van der Waals surface area (Å²) in [6, 6.07) is 5.63. The summed E-state index contributed by atoms with van der Waals surface area (Å²) in [5, 5.41) is 3.27. The summed E-state index contributed by atoms with van der Waals surface area (Å²) >= 11 is 0. The van der Waals surface area contributed by atoms with Gasteiger partial charge in [-0.2, -0.15) is 0 Å². The van der Waals surface area contributed by atoms with Crippen LogP contribution in [0.3, 0.4) is 0 Å². The Kier molecular flexibility index (Phi) is 5.67. The topological polar surface area (TPSA) is 80.3 Å². The number of nitrogens with one attached hydrogen (secondary N) is 1. The number of carbonyl (C=O) groups is 2. The lowest BCUT2D eigenvalue weighted by Gasteiger charge is -2.31. The molecule has 1 spiro atoms. The highest BCUT2D eigenvalue weighted by atomic mass is 35.5. The molecule has 2 saturated heterocycles. The van der Waals surface area contributed by atoms with Crippen molar-refractivity contribution in [1.29, 1.82) is 0 Å². The number of benzene rings is 1. The number of piperidine rings is 1. The number of hydrogen-bond donors (Lipinski definition) is 1. The molecule has 0 aliphatic carbocycles. The molecule has 1 aromatic carbocycles. The van der Waals surface area contributed by atoms with E-state index >= 15 is 0 Å². The second kappa shape index (κ2) is 7.82. The Hall–Kier alpha value is -2.19. The number of likely N-dealkylation sites (N-methyl/N-ethyl adjacent to an activating group) is 1. The van der Waals surface area contributed by atoms with Gasteiger partial charge in [-0.1, -0.05) is 6.07 Å². The second-order valence-corrected chi connectivity index (χ2v) is 7.09. The first-order chi connectivity index (χ1) is 12.5. The van der Waals surface area contributed by atoms with Crippen molar-refractivity contribution in [2.75, 3.05) is 40.0 Å². The van der Waals surface area contributed by atoms with Gasteiger partial charge in [0.05, 0.1) is 6.54 Å². The van der Waals surface area contributed by atoms with E-state index in [2.05, 4.69) is 5.32 Å². The van der Waals surface area contributed by atoms with E-state index in [4.69, 9.17) is 14.2 Å². The minimum atomic E-state index is -0.432. The highest BCUT2D eigenvalue weighted by Crippen LogP contribution is 2.33. The Balaban J connectivity index is 0.00000210. The number of halogens is 1. The van der Waals surface area contributed by atoms with Gasteiger partial charge in [0.15, 0.2) is 11.5 Å². The van der Waals surface area contributed by atoms with Crippen LogP contribution in [0.4, 0.5) is 4.79 Å². The largest absolute Gasteiger partial charge is 0.454 e. The average Bonchev–Trinajstić information content (AvgIpc) is 3.20. The van der Waals surface area contributed by atoms with Gasteiger partial charge < -0.3 is 24.4 Å². The molecule has 4 rings (SSSR count). The van der Waals surface area contributed by atoms with E-state index in [0.29, 0.717) is 18.8 Å². The first-order valence-electron chi connectivity index (χ1n) is 8.86. The average molecular weight is 398 g/mol. The molecule has 3 aliphatic rings. The lowest BCUT2D eigenvalue weighted by molar-refractivity contribution is -0.130. The third kappa shape index (κ3) is 4.06. The first-order valence-corrected chi connectivity index (χ1v) is 8.86. The summed E-state index contributed by atoms with van der Waals surface area (Å²) in [7, 11) is 1.73. The molecule has 0 saturated carbocycles. The SMILES string of the molecule is CN(Cc1ccc2c(c1)OCO2)C(=O)CN1CC2(CCNCC2)OC1=O.Cl. The minimum absolute atomic E-state index is 0. The van der Waals surface area contributed by atoms with Crippen LogP contribution in [-0.2, 0) is 16.1 Å². The van der Waals surface area contributed by atoms with E-state index < -0.39 is 11.7 Å². The molecule has 3 heterocycles. The zero-order valence-electron chi connectivity index (χ0n) is 15.2. The minimum Gasteiger partial charge on any atom is -0.454 e. The summed E-state index contributed by atoms with van der Waals surface area (Å²) in [6.45, 7) is 2.85. The van der Waals surface area contributed by atoms with Gasteiger partial charge in [0, 0.05) is 26.4 Å². The molecule has 1 aromatic rings. The number of carbonyl (C=O) groups excluding carboxylic acids is 2. The van der Waals surface area contributed by atoms with Crippen LogP contribution in [0.1, 0.15) is 18.4 Å². The van der Waals surface area contributed by atoms with Crippen molar-refractivity contribution in [2.45, 2.75) is 25.0 Å². The quantitative estimate of drug-likeness (QED) is 0.826. The lowest BCUT2D eigenvalue weighted by atomic mass is 9.92. The lowest BCUT2D eigenvalue weighted by Crippen LogP contribution is -2.46. The number of hydrogen-bond acceptors (Lipinski definition) is 6. The number of ether oxygens (including phenoxy) is 3. The fraction of sp³-hybridized carbons (Fsp3) is 0.556. The van der Waals surface area contributed by atoms with Gasteiger partial charge in [-0.15, -0.1) is 12.4 Å². The maximum Gasteiger partial charge on any atom is 0.410 e. The Morgan fingerprint density at radius 2 is 2.00 bits per heavy atom. The zero-order valence-corrected chi connectivity index (χ0v) is 16.0. The highest BCUT2D eigenvalue weighted by Gasteiger charge is 2.46. The molecule has 0 bridgehead atoms. The van der Waals surface area contributed by atoms with Crippen LogP contribution in [-0.4, -0.2) is 67.4 Å². The molecule has 0 atom stereocenters. The summed E-state index contributed by atoms with van der Waals surface area (Å²) in [5.41, 5.74) is 0.516. The van der Waals surface area contributed by atoms with Crippen LogP contribution in [0.5, 0.6) is 11.5 Å². The van der Waals surface area contributed by atoms with Crippen LogP contribution in [0.15, 0.2) is 18.2 Å². The van der Waals surface area contributed by atoms with Crippen molar-refractivity contribution in [2.24, 2.45) is 0 Å². The van der Waals surface area contributed by atoms with Gasteiger partial charge in [0.1, 0.15) is 12.1 Å². The van der Waals surface area contributed by atoms with Crippen molar-refractivity contribution < 1.29 is 23.8 Å². The number of fused-ring (bicyclic) bond motifs is 1. The molecule has 27 heavy (non-hydrogen) atoms. The van der Waals surface area contributed by atoms with Gasteiger partial charge in [-0.05, 0) is 30.8 Å². The maximum atomic E-state index is 12.6. The highest BCUT2D eigenvalue weighted by molar-refractivity contribution is 5.85. The molecule has 0 aromatic heterocycles. The van der Waals surface area contributed by atoms with Gasteiger partial charge in [0.2, 0.25) is 12.7 Å². The molecule has 1 N–H and O–H groups in total. The van der Waals surface area contributed by atoms with Crippen LogP contribution in [0.25, 0.3) is 0 Å². The Morgan fingerprint density at radius 1 is 1.26 bits per heavy atom. The monoisotopic (exact) mass is 397 g/mol. The number of amides is 2. The molecule has 3 aliphatic heterocycles. The first kappa shape index (κ1) is 19.6. The van der Waals surface area contributed by atoms with Crippen molar-refractivity contribution in [1.82, 2.24) is 15.1 Å². The van der Waals surface area contributed by atoms with E-state index in [1.165, 1.54) is 4.90 Å². The maximum absolute atomic E-state index is 12.6. The van der Waals surface area contributed by atoms with Crippen LogP contribution < -0.4 is 14.8 Å². The van der Waals surface area contributed by atoms with E-state index in [1.54, 1.807) is 11.9 Å². The molecule has 0 unspecified atom stereocenters. The molecular weight excluding hydrogens is 374 g/mol. The van der Waals surface area contributed by atoms with Crippen molar-refractivity contribution in [3.8, 4) is 11.5 Å². The van der Waals surface area contributed by atoms with Gasteiger partial charge >= 0.3 is 6.09 Å². The molecular formula is C18H24ClN3O5. The smallest absolute Gasteiger partial charge is 0.410 e. The van der Waals surface area contributed by atoms with E-state index in [1.807, 2.05) is 18.2 Å². The second-order valence-electron chi connectivity index (χ2n) is 7.09. The summed E-state index contributed by atoms with van der Waals surface area (Å²) < 4.78 is 16.3. The molecule has 9 heteroatoms. The van der Waals surface area contributed by atoms with Crippen LogP contribution in [0, 0.1) is 0 Å². The van der Waals surface area contributed by atoms with E-state index in [-0.39, 0.29) is 31.7 Å². The van der Waals surface area contributed by atoms with Crippen molar-refractivity contribution in [3.05, 3.63) is 23.8 Å². The third-order valence-electron chi connectivity index (χ3n) is 5.16.